The molecule has 8 N–H and O–H groups in total. The highest BCUT2D eigenvalue weighted by Crippen LogP contribution is 2.06. The van der Waals surface area contributed by atoms with E-state index in [0.29, 0.717) is 13.0 Å². The number of hydrogen-bond donors (Lipinski definition) is 7. The van der Waals surface area contributed by atoms with Crippen LogP contribution in [0, 0.1) is 0 Å². The average molecular weight is 387 g/mol. The maximum absolute atomic E-state index is 12.4. The van der Waals surface area contributed by atoms with Gasteiger partial charge in [-0.1, -0.05) is 0 Å². The van der Waals surface area contributed by atoms with E-state index in [1.807, 2.05) is 5.32 Å². The van der Waals surface area contributed by atoms with Crippen molar-refractivity contribution in [1.29, 1.82) is 0 Å². The molecule has 1 aliphatic heterocycles. The van der Waals surface area contributed by atoms with E-state index < -0.39 is 60.9 Å². The van der Waals surface area contributed by atoms with Crippen molar-refractivity contribution in [3.63, 3.8) is 0 Å². The molecule has 12 nitrogen and oxygen atoms in total. The number of amides is 4. The average Bonchev–Trinajstić information content (AvgIpc) is 3.15. The number of carbonyl (C=O) groups excluding carboxylic acids is 4. The second kappa shape index (κ2) is 11.1. The Balaban J connectivity index is 2.71. The number of nitrogens with two attached hydrogens (primary N) is 1. The quantitative estimate of drug-likeness (QED) is 0.187. The maximum Gasteiger partial charge on any atom is 0.322 e. The van der Waals surface area contributed by atoms with E-state index in [2.05, 4.69) is 16.0 Å². The molecule has 0 aromatic heterocycles. The molecule has 0 aromatic rings. The molecule has 0 spiro atoms. The van der Waals surface area contributed by atoms with Crippen molar-refractivity contribution in [2.45, 2.75) is 43.8 Å². The van der Waals surface area contributed by atoms with Gasteiger partial charge in [0.25, 0.3) is 0 Å². The van der Waals surface area contributed by atoms with Crippen LogP contribution in [0.25, 0.3) is 0 Å². The number of carboxylic acid groups (broad SMARTS) is 1. The Kier molecular flexibility index (Phi) is 9.16. The third-order valence-corrected chi connectivity index (χ3v) is 3.92. The Morgan fingerprint density at radius 1 is 1.11 bits per heavy atom. The van der Waals surface area contributed by atoms with Gasteiger partial charge in [-0.05, 0) is 25.8 Å². The van der Waals surface area contributed by atoms with Gasteiger partial charge in [0.2, 0.25) is 23.6 Å². The molecule has 152 valence electrons. The van der Waals surface area contributed by atoms with E-state index >= 15 is 0 Å². The SMILES string of the molecule is NC(=O)CCC(NC(=O)C1CCCN1)C(=O)NC(CO)C(=O)NCC(=O)O. The molecule has 1 fully saturated rings. The summed E-state index contributed by atoms with van der Waals surface area (Å²) < 4.78 is 0. The molecule has 0 bridgehead atoms. The van der Waals surface area contributed by atoms with Crippen molar-refractivity contribution in [3.8, 4) is 0 Å². The molecular formula is C15H25N5O7. The summed E-state index contributed by atoms with van der Waals surface area (Å²) in [6.07, 6.45) is 1.15. The fourth-order valence-electron chi connectivity index (χ4n) is 2.49. The minimum absolute atomic E-state index is 0.0888. The number of primary amides is 1. The Morgan fingerprint density at radius 2 is 1.81 bits per heavy atom. The van der Waals surface area contributed by atoms with Gasteiger partial charge < -0.3 is 37.2 Å². The Bertz CT molecular complexity index is 577. The lowest BCUT2D eigenvalue weighted by molar-refractivity contribution is -0.139. The number of carbonyl (C=O) groups is 5. The molecule has 1 aliphatic rings. The van der Waals surface area contributed by atoms with Crippen molar-refractivity contribution in [1.82, 2.24) is 21.3 Å². The highest BCUT2D eigenvalue weighted by atomic mass is 16.4. The van der Waals surface area contributed by atoms with Crippen molar-refractivity contribution in [3.05, 3.63) is 0 Å². The predicted octanol–water partition coefficient (Wildman–Crippen LogP) is -3.83. The third-order valence-electron chi connectivity index (χ3n) is 3.92. The molecule has 0 aromatic carbocycles. The molecule has 12 heteroatoms. The first-order chi connectivity index (χ1) is 12.7. The standard InChI is InChI=1S/C15H25N5O7/c16-11(22)4-3-9(19-14(26)8-2-1-5-17-8)15(27)20-10(7-21)13(25)18-6-12(23)24/h8-10,17,21H,1-7H2,(H2,16,22)(H,18,25)(H,19,26)(H,20,27)(H,23,24). The van der Waals surface area contributed by atoms with E-state index in [1.54, 1.807) is 0 Å². The molecule has 0 radical (unpaired) electrons. The minimum atomic E-state index is -1.41. The van der Waals surface area contributed by atoms with Crippen LogP contribution in [0.2, 0.25) is 0 Å². The van der Waals surface area contributed by atoms with Crippen molar-refractivity contribution < 1.29 is 34.2 Å². The zero-order valence-corrected chi connectivity index (χ0v) is 14.7. The molecule has 1 saturated heterocycles. The van der Waals surface area contributed by atoms with Crippen LogP contribution in [0.5, 0.6) is 0 Å². The first-order valence-corrected chi connectivity index (χ1v) is 8.47. The number of aliphatic hydroxyl groups is 1. The first-order valence-electron chi connectivity index (χ1n) is 8.47. The summed E-state index contributed by atoms with van der Waals surface area (Å²) in [5.41, 5.74) is 5.08. The summed E-state index contributed by atoms with van der Waals surface area (Å²) in [4.78, 5) is 57.9. The van der Waals surface area contributed by atoms with Gasteiger partial charge in [-0.25, -0.2) is 0 Å². The molecule has 4 amide bonds. The molecule has 3 unspecified atom stereocenters. The summed E-state index contributed by atoms with van der Waals surface area (Å²) in [7, 11) is 0. The van der Waals surface area contributed by atoms with E-state index in [-0.39, 0.29) is 12.8 Å². The lowest BCUT2D eigenvalue weighted by Gasteiger charge is -2.23. The summed E-state index contributed by atoms with van der Waals surface area (Å²) in [5.74, 6) is -4.08. The first kappa shape index (κ1) is 22.3. The normalized spacial score (nSPS) is 18.2. The second-order valence-corrected chi connectivity index (χ2v) is 6.07. The zero-order chi connectivity index (χ0) is 20.4. The molecule has 1 heterocycles. The van der Waals surface area contributed by atoms with Gasteiger partial charge in [-0.2, -0.15) is 0 Å². The van der Waals surface area contributed by atoms with Crippen LogP contribution in [-0.4, -0.2) is 77.6 Å². The number of aliphatic carboxylic acids is 1. The summed E-state index contributed by atoms with van der Waals surface area (Å²) in [5, 5.41) is 27.5. The smallest absolute Gasteiger partial charge is 0.322 e. The number of carboxylic acids is 1. The third kappa shape index (κ3) is 8.00. The number of aliphatic hydroxyl groups excluding tert-OH is 1. The van der Waals surface area contributed by atoms with Gasteiger partial charge >= 0.3 is 5.97 Å². The van der Waals surface area contributed by atoms with E-state index in [0.717, 1.165) is 6.42 Å². The molecule has 3 atom stereocenters. The van der Waals surface area contributed by atoms with Crippen LogP contribution < -0.4 is 27.0 Å². The monoisotopic (exact) mass is 387 g/mol. The van der Waals surface area contributed by atoms with Crippen LogP contribution in [-0.2, 0) is 24.0 Å². The lowest BCUT2D eigenvalue weighted by Crippen LogP contribution is -2.57. The van der Waals surface area contributed by atoms with Crippen LogP contribution in [0.3, 0.4) is 0 Å². The minimum Gasteiger partial charge on any atom is -0.480 e. The number of nitrogens with one attached hydrogen (secondary N) is 4. The topological polar surface area (TPSA) is 200 Å². The van der Waals surface area contributed by atoms with Crippen LogP contribution in [0.1, 0.15) is 25.7 Å². The van der Waals surface area contributed by atoms with Crippen molar-refractivity contribution in [2.75, 3.05) is 19.7 Å². The second-order valence-electron chi connectivity index (χ2n) is 6.07. The van der Waals surface area contributed by atoms with Crippen molar-refractivity contribution >= 4 is 29.6 Å². The summed E-state index contributed by atoms with van der Waals surface area (Å²) in [6.45, 7) is -0.787. The fourth-order valence-corrected chi connectivity index (χ4v) is 2.49. The summed E-state index contributed by atoms with van der Waals surface area (Å²) in [6, 6.07) is -3.01. The molecule has 1 rings (SSSR count). The van der Waals surface area contributed by atoms with E-state index in [9.17, 15) is 29.1 Å². The van der Waals surface area contributed by atoms with E-state index in [4.69, 9.17) is 10.8 Å². The van der Waals surface area contributed by atoms with Gasteiger partial charge in [-0.3, -0.25) is 24.0 Å². The molecule has 0 aliphatic carbocycles. The van der Waals surface area contributed by atoms with Gasteiger partial charge in [0.15, 0.2) is 0 Å². The maximum atomic E-state index is 12.4. The molecular weight excluding hydrogens is 362 g/mol. The highest BCUT2D eigenvalue weighted by Gasteiger charge is 2.30. The Morgan fingerprint density at radius 3 is 2.33 bits per heavy atom. The largest absolute Gasteiger partial charge is 0.480 e. The lowest BCUT2D eigenvalue weighted by atomic mass is 10.1. The van der Waals surface area contributed by atoms with Gasteiger partial charge in [0.05, 0.1) is 12.6 Å². The number of rotatable bonds is 11. The predicted molar refractivity (Wildman–Crippen MR) is 91.0 cm³/mol. The van der Waals surface area contributed by atoms with Crippen molar-refractivity contribution in [2.24, 2.45) is 5.73 Å². The van der Waals surface area contributed by atoms with Gasteiger partial charge in [0.1, 0.15) is 18.6 Å². The number of hydrogen-bond acceptors (Lipinski definition) is 7. The Labute approximate surface area is 155 Å². The molecule has 0 saturated carbocycles. The van der Waals surface area contributed by atoms with Crippen LogP contribution in [0.4, 0.5) is 0 Å². The van der Waals surface area contributed by atoms with Crippen LogP contribution >= 0.6 is 0 Å². The zero-order valence-electron chi connectivity index (χ0n) is 14.7. The fraction of sp³-hybridized carbons (Fsp3) is 0.667. The molecule has 27 heavy (non-hydrogen) atoms. The highest BCUT2D eigenvalue weighted by molar-refractivity contribution is 5.94. The van der Waals surface area contributed by atoms with E-state index in [1.165, 1.54) is 0 Å². The Hall–Kier alpha value is -2.73. The van der Waals surface area contributed by atoms with Crippen LogP contribution in [0.15, 0.2) is 0 Å². The summed E-state index contributed by atoms with van der Waals surface area (Å²) >= 11 is 0. The van der Waals surface area contributed by atoms with Gasteiger partial charge in [-0.15, -0.1) is 0 Å². The van der Waals surface area contributed by atoms with Gasteiger partial charge in [0, 0.05) is 6.42 Å².